The summed E-state index contributed by atoms with van der Waals surface area (Å²) in [6.45, 7) is 0.662. The van der Waals surface area contributed by atoms with Crippen molar-refractivity contribution < 1.29 is 19.5 Å². The molecule has 5 heteroatoms. The molecule has 3 aliphatic rings. The largest absolute Gasteiger partial charge is 0.481 e. The summed E-state index contributed by atoms with van der Waals surface area (Å²) in [4.78, 5) is 28.8. The third-order valence-corrected chi connectivity index (χ3v) is 4.46. The van der Waals surface area contributed by atoms with E-state index in [1.54, 1.807) is 5.06 Å². The van der Waals surface area contributed by atoms with E-state index in [0.717, 1.165) is 18.4 Å². The Bertz CT molecular complexity index is 530. The van der Waals surface area contributed by atoms with Crippen LogP contribution in [0, 0.1) is 11.8 Å². The molecule has 3 fully saturated rings. The van der Waals surface area contributed by atoms with Gasteiger partial charge in [0.2, 0.25) is 0 Å². The molecule has 5 nitrogen and oxygen atoms in total. The molecule has 4 rings (SSSR count). The molecule has 2 heterocycles. The maximum Gasteiger partial charge on any atom is 0.329 e. The van der Waals surface area contributed by atoms with Gasteiger partial charge in [0.15, 0.2) is 0 Å². The average molecular weight is 289 g/mol. The number of benzene rings is 1. The molecule has 3 unspecified atom stereocenters. The highest BCUT2D eigenvalue weighted by Crippen LogP contribution is 2.39. The van der Waals surface area contributed by atoms with Gasteiger partial charge in [-0.3, -0.25) is 4.79 Å². The summed E-state index contributed by atoms with van der Waals surface area (Å²) >= 11 is 0. The zero-order valence-electron chi connectivity index (χ0n) is 11.8. The van der Waals surface area contributed by atoms with E-state index >= 15 is 0 Å². The van der Waals surface area contributed by atoms with Gasteiger partial charge in [0.25, 0.3) is 0 Å². The first-order chi connectivity index (χ1) is 10.1. The number of carbonyl (C=O) groups is 2. The predicted octanol–water partition coefficient (Wildman–Crippen LogP) is 1.87. The molecule has 112 valence electrons. The lowest BCUT2D eigenvalue weighted by Crippen LogP contribution is -2.55. The van der Waals surface area contributed by atoms with Crippen molar-refractivity contribution in [3.8, 4) is 0 Å². The maximum absolute atomic E-state index is 12.0. The van der Waals surface area contributed by atoms with E-state index in [2.05, 4.69) is 0 Å². The molecule has 3 atom stereocenters. The highest BCUT2D eigenvalue weighted by atomic mass is 16.7. The van der Waals surface area contributed by atoms with Gasteiger partial charge in [0.05, 0.1) is 18.4 Å². The van der Waals surface area contributed by atoms with E-state index in [4.69, 9.17) is 4.84 Å². The van der Waals surface area contributed by atoms with Crippen molar-refractivity contribution in [1.82, 2.24) is 5.06 Å². The number of nitrogens with zero attached hydrogens (tertiary/aromatic N) is 1. The Labute approximate surface area is 123 Å². The number of carboxylic acid groups (broad SMARTS) is 1. The van der Waals surface area contributed by atoms with Gasteiger partial charge in [-0.05, 0) is 30.7 Å². The monoisotopic (exact) mass is 289 g/mol. The fourth-order valence-electron chi connectivity index (χ4n) is 3.44. The fraction of sp³-hybridized carbons (Fsp3) is 0.500. The van der Waals surface area contributed by atoms with Crippen LogP contribution in [-0.2, 0) is 20.8 Å². The maximum atomic E-state index is 12.0. The Morgan fingerprint density at radius 3 is 2.67 bits per heavy atom. The number of fused-ring (bicyclic) bond motifs is 3. The molecular weight excluding hydrogens is 270 g/mol. The van der Waals surface area contributed by atoms with Gasteiger partial charge in [-0.15, -0.1) is 5.06 Å². The lowest BCUT2D eigenvalue weighted by atomic mass is 9.74. The summed E-state index contributed by atoms with van der Waals surface area (Å²) in [5.41, 5.74) is 0.902. The summed E-state index contributed by atoms with van der Waals surface area (Å²) in [6, 6.07) is 9.24. The molecule has 0 radical (unpaired) electrons. The fourth-order valence-corrected chi connectivity index (χ4v) is 3.44. The van der Waals surface area contributed by atoms with Gasteiger partial charge in [0.1, 0.15) is 0 Å². The summed E-state index contributed by atoms with van der Waals surface area (Å²) in [7, 11) is 0. The van der Waals surface area contributed by atoms with Crippen molar-refractivity contribution in [3.05, 3.63) is 35.9 Å². The minimum Gasteiger partial charge on any atom is -0.481 e. The van der Waals surface area contributed by atoms with Gasteiger partial charge in [-0.25, -0.2) is 4.79 Å². The lowest BCUT2D eigenvalue weighted by molar-refractivity contribution is -0.234. The Morgan fingerprint density at radius 2 is 2.00 bits per heavy atom. The van der Waals surface area contributed by atoms with Crippen molar-refractivity contribution >= 4 is 11.9 Å². The van der Waals surface area contributed by atoms with Gasteiger partial charge >= 0.3 is 11.9 Å². The summed E-state index contributed by atoms with van der Waals surface area (Å²) in [6.07, 6.45) is 2.74. The van der Waals surface area contributed by atoms with Crippen LogP contribution in [-0.4, -0.2) is 34.7 Å². The number of hydrogen-bond acceptors (Lipinski definition) is 4. The van der Waals surface area contributed by atoms with Crippen LogP contribution < -0.4 is 0 Å². The van der Waals surface area contributed by atoms with E-state index in [9.17, 15) is 14.7 Å². The molecule has 1 aromatic rings. The SMILES string of the molecule is O=C(Cc1ccccc1)ON1CC2CCC1C(C(=O)O)C2. The first-order valence-corrected chi connectivity index (χ1v) is 7.37. The second kappa shape index (κ2) is 5.85. The van der Waals surface area contributed by atoms with Crippen molar-refractivity contribution in [2.24, 2.45) is 11.8 Å². The highest BCUT2D eigenvalue weighted by Gasteiger charge is 2.46. The minimum absolute atomic E-state index is 0.174. The van der Waals surface area contributed by atoms with Crippen LogP contribution in [0.5, 0.6) is 0 Å². The van der Waals surface area contributed by atoms with E-state index in [-0.39, 0.29) is 18.4 Å². The topological polar surface area (TPSA) is 66.8 Å². The smallest absolute Gasteiger partial charge is 0.329 e. The van der Waals surface area contributed by atoms with Gasteiger partial charge in [-0.2, -0.15) is 0 Å². The van der Waals surface area contributed by atoms with E-state index in [1.165, 1.54) is 0 Å². The molecule has 0 aromatic heterocycles. The van der Waals surface area contributed by atoms with Crippen molar-refractivity contribution in [2.45, 2.75) is 31.7 Å². The zero-order valence-corrected chi connectivity index (χ0v) is 11.8. The van der Waals surface area contributed by atoms with Gasteiger partial charge < -0.3 is 9.94 Å². The molecule has 0 spiro atoms. The average Bonchev–Trinajstić information content (AvgIpc) is 2.48. The second-order valence-corrected chi connectivity index (χ2v) is 5.92. The van der Waals surface area contributed by atoms with E-state index in [0.29, 0.717) is 18.9 Å². The van der Waals surface area contributed by atoms with Crippen LogP contribution in [0.4, 0.5) is 0 Å². The zero-order chi connectivity index (χ0) is 14.8. The standard InChI is InChI=1S/C16H19NO4/c18-15(9-11-4-2-1-3-5-11)21-17-10-12-6-7-14(17)13(8-12)16(19)20/h1-5,12-14H,6-10H2,(H,19,20). The molecule has 2 saturated heterocycles. The molecule has 1 N–H and O–H groups in total. The molecule has 21 heavy (non-hydrogen) atoms. The Hall–Kier alpha value is -1.88. The van der Waals surface area contributed by atoms with Crippen molar-refractivity contribution in [1.29, 1.82) is 0 Å². The van der Waals surface area contributed by atoms with Crippen molar-refractivity contribution in [3.63, 3.8) is 0 Å². The summed E-state index contributed by atoms with van der Waals surface area (Å²) < 4.78 is 0. The van der Waals surface area contributed by atoms with E-state index < -0.39 is 11.9 Å². The molecular formula is C16H19NO4. The number of hydrogen-bond donors (Lipinski definition) is 1. The lowest BCUT2D eigenvalue weighted by Gasteiger charge is -2.46. The predicted molar refractivity (Wildman–Crippen MR) is 75.2 cm³/mol. The summed E-state index contributed by atoms with van der Waals surface area (Å²) in [5, 5.41) is 10.9. The Kier molecular flexibility index (Phi) is 3.92. The third-order valence-electron chi connectivity index (χ3n) is 4.46. The molecule has 1 aromatic carbocycles. The van der Waals surface area contributed by atoms with Crippen LogP contribution in [0.15, 0.2) is 30.3 Å². The molecule has 1 aliphatic carbocycles. The Balaban J connectivity index is 1.62. The number of rotatable bonds is 4. The van der Waals surface area contributed by atoms with Crippen LogP contribution in [0.3, 0.4) is 0 Å². The quantitative estimate of drug-likeness (QED) is 0.916. The number of aliphatic carboxylic acids is 1. The molecule has 0 amide bonds. The number of piperidine rings is 2. The van der Waals surface area contributed by atoms with Crippen LogP contribution in [0.25, 0.3) is 0 Å². The van der Waals surface area contributed by atoms with Crippen LogP contribution >= 0.6 is 0 Å². The highest BCUT2D eigenvalue weighted by molar-refractivity contribution is 5.73. The van der Waals surface area contributed by atoms with Crippen LogP contribution in [0.1, 0.15) is 24.8 Å². The normalized spacial score (nSPS) is 28.3. The molecule has 1 saturated carbocycles. The van der Waals surface area contributed by atoms with Crippen LogP contribution in [0.2, 0.25) is 0 Å². The minimum atomic E-state index is -0.784. The number of hydroxylamine groups is 2. The second-order valence-electron chi connectivity index (χ2n) is 5.92. The van der Waals surface area contributed by atoms with Crippen molar-refractivity contribution in [2.75, 3.05) is 6.54 Å². The molecule has 2 bridgehead atoms. The molecule has 2 aliphatic heterocycles. The van der Waals surface area contributed by atoms with Gasteiger partial charge in [-0.1, -0.05) is 30.3 Å². The number of carboxylic acids is 1. The first kappa shape index (κ1) is 14.1. The third kappa shape index (κ3) is 3.08. The first-order valence-electron chi connectivity index (χ1n) is 7.37. The summed E-state index contributed by atoms with van der Waals surface area (Å²) in [5.74, 6) is -1.20. The Morgan fingerprint density at radius 1 is 1.24 bits per heavy atom. The van der Waals surface area contributed by atoms with E-state index in [1.807, 2.05) is 30.3 Å². The number of carbonyl (C=O) groups excluding carboxylic acids is 1. The van der Waals surface area contributed by atoms with Gasteiger partial charge in [0, 0.05) is 6.54 Å².